The van der Waals surface area contributed by atoms with Gasteiger partial charge in [-0.25, -0.2) is 4.39 Å². The van der Waals surface area contributed by atoms with E-state index in [1.165, 1.54) is 0 Å². The third kappa shape index (κ3) is 11.3. The molecule has 0 aromatic carbocycles. The Morgan fingerprint density at radius 3 is 1.89 bits per heavy atom. The molecule has 1 nitrogen and oxygen atoms in total. The Morgan fingerprint density at radius 2 is 1.61 bits per heavy atom. The van der Waals surface area contributed by atoms with Gasteiger partial charge in [-0.2, -0.15) is 0 Å². The lowest BCUT2D eigenvalue weighted by Gasteiger charge is -2.03. The van der Waals surface area contributed by atoms with Crippen LogP contribution in [-0.2, 0) is 4.79 Å². The lowest BCUT2D eigenvalue weighted by Crippen LogP contribution is -2.02. The summed E-state index contributed by atoms with van der Waals surface area (Å²) in [4.78, 5) is 11.0. The molecule has 2 heteroatoms. The van der Waals surface area contributed by atoms with Crippen molar-refractivity contribution in [1.29, 1.82) is 0 Å². The van der Waals surface area contributed by atoms with Crippen molar-refractivity contribution in [2.24, 2.45) is 5.92 Å². The van der Waals surface area contributed by atoms with Crippen LogP contribution >= 0.6 is 0 Å². The Morgan fingerprint density at radius 1 is 1.17 bits per heavy atom. The fraction of sp³-hybridized carbons (Fsp3) is 0.562. The predicted octanol–water partition coefficient (Wildman–Crippen LogP) is 5.29. The van der Waals surface area contributed by atoms with Crippen LogP contribution in [0.2, 0.25) is 0 Å². The molecule has 0 spiro atoms. The molecular formula is C16H29FO. The Balaban J connectivity index is -0.000000506. The normalized spacial score (nSPS) is 10.4. The van der Waals surface area contributed by atoms with Gasteiger partial charge in [0.25, 0.3) is 0 Å². The van der Waals surface area contributed by atoms with Gasteiger partial charge in [-0.15, -0.1) is 0 Å². The first kappa shape index (κ1) is 22.0. The van der Waals surface area contributed by atoms with Gasteiger partial charge < -0.3 is 0 Å². The van der Waals surface area contributed by atoms with Crippen LogP contribution in [0.15, 0.2) is 36.0 Å². The monoisotopic (exact) mass is 256 g/mol. The summed E-state index contributed by atoms with van der Waals surface area (Å²) in [7, 11) is 0. The molecule has 0 aromatic heterocycles. The van der Waals surface area contributed by atoms with Crippen LogP contribution in [0.3, 0.4) is 0 Å². The van der Waals surface area contributed by atoms with Crippen LogP contribution in [-0.4, -0.2) is 12.5 Å². The minimum atomic E-state index is -0.946. The van der Waals surface area contributed by atoms with Gasteiger partial charge in [0, 0.05) is 5.57 Å². The molecule has 0 heterocycles. The van der Waals surface area contributed by atoms with Crippen LogP contribution < -0.4 is 0 Å². The zero-order valence-electron chi connectivity index (χ0n) is 13.0. The van der Waals surface area contributed by atoms with Gasteiger partial charge in [0.2, 0.25) is 0 Å². The van der Waals surface area contributed by atoms with Gasteiger partial charge in [-0.1, -0.05) is 71.9 Å². The fourth-order valence-corrected chi connectivity index (χ4v) is 0.817. The zero-order chi connectivity index (χ0) is 15.1. The highest BCUT2D eigenvalue weighted by molar-refractivity contribution is 5.98. The van der Waals surface area contributed by atoms with E-state index in [-0.39, 0.29) is 0 Å². The zero-order valence-corrected chi connectivity index (χ0v) is 13.0. The number of alkyl halides is 1. The molecule has 0 saturated carbocycles. The van der Waals surface area contributed by atoms with E-state index in [2.05, 4.69) is 6.58 Å². The van der Waals surface area contributed by atoms with Crippen molar-refractivity contribution < 1.29 is 9.18 Å². The molecule has 18 heavy (non-hydrogen) atoms. The summed E-state index contributed by atoms with van der Waals surface area (Å²) in [6, 6.07) is 0. The Hall–Kier alpha value is -1.18. The molecule has 0 aromatic rings. The highest BCUT2D eigenvalue weighted by Gasteiger charge is 2.04. The number of Topliss-reactive ketones (excluding diaryl/α,β-unsaturated/α-hetero) is 1. The summed E-state index contributed by atoms with van der Waals surface area (Å²) in [5.74, 6) is -0.148. The lowest BCUT2D eigenvalue weighted by molar-refractivity contribution is -0.116. The van der Waals surface area contributed by atoms with Gasteiger partial charge in [-0.3, -0.25) is 4.79 Å². The maximum Gasteiger partial charge on any atom is 0.193 e. The molecule has 0 aliphatic carbocycles. The van der Waals surface area contributed by atoms with Crippen molar-refractivity contribution in [2.45, 2.75) is 48.5 Å². The average Bonchev–Trinajstić information content (AvgIpc) is 2.43. The minimum absolute atomic E-state index is 0.338. The summed E-state index contributed by atoms with van der Waals surface area (Å²) >= 11 is 0. The molecule has 0 aliphatic rings. The summed E-state index contributed by atoms with van der Waals surface area (Å²) in [6.45, 7) is 16.6. The lowest BCUT2D eigenvalue weighted by atomic mass is 10.0. The van der Waals surface area contributed by atoms with Crippen LogP contribution in [0.5, 0.6) is 0 Å². The smallest absolute Gasteiger partial charge is 0.193 e. The first-order chi connectivity index (χ1) is 8.52. The van der Waals surface area contributed by atoms with E-state index >= 15 is 0 Å². The highest BCUT2D eigenvalue weighted by Crippen LogP contribution is 2.10. The molecule has 0 rings (SSSR count). The van der Waals surface area contributed by atoms with Crippen molar-refractivity contribution in [3.8, 4) is 0 Å². The molecule has 0 amide bonds. The summed E-state index contributed by atoms with van der Waals surface area (Å²) in [5.41, 5.74) is 1.32. The highest BCUT2D eigenvalue weighted by atomic mass is 19.1. The van der Waals surface area contributed by atoms with E-state index < -0.39 is 12.5 Å². The summed E-state index contributed by atoms with van der Waals surface area (Å²) in [6.07, 6.45) is 4.98. The van der Waals surface area contributed by atoms with Crippen LogP contribution in [0, 0.1) is 5.92 Å². The molecule has 0 fully saturated rings. The van der Waals surface area contributed by atoms with Crippen LogP contribution in [0.1, 0.15) is 48.5 Å². The molecule has 0 saturated heterocycles. The number of hydrogen-bond acceptors (Lipinski definition) is 1. The average molecular weight is 256 g/mol. The Labute approximate surface area is 112 Å². The van der Waals surface area contributed by atoms with Crippen molar-refractivity contribution in [3.05, 3.63) is 36.0 Å². The number of carbonyl (C=O) groups excluding carboxylic acids is 1. The van der Waals surface area contributed by atoms with Crippen molar-refractivity contribution in [3.63, 3.8) is 0 Å². The SMILES string of the molecule is C=C(/C=C\C(=C/C)C(=O)CF)C(C)C.CC.CC. The molecule has 0 aliphatic heterocycles. The molecule has 0 atom stereocenters. The molecule has 0 N–H and O–H groups in total. The molecule has 0 unspecified atom stereocenters. The molecule has 106 valence electrons. The molecule has 0 bridgehead atoms. The van der Waals surface area contributed by atoms with Gasteiger partial charge in [0.1, 0.15) is 0 Å². The largest absolute Gasteiger partial charge is 0.291 e. The number of ketones is 1. The Bertz CT molecular complexity index is 273. The van der Waals surface area contributed by atoms with Gasteiger partial charge in [-0.05, 0) is 12.8 Å². The van der Waals surface area contributed by atoms with E-state index in [0.717, 1.165) is 5.57 Å². The van der Waals surface area contributed by atoms with E-state index in [0.29, 0.717) is 11.5 Å². The fourth-order valence-electron chi connectivity index (χ4n) is 0.817. The second-order valence-electron chi connectivity index (χ2n) is 3.36. The van der Waals surface area contributed by atoms with Crippen molar-refractivity contribution in [1.82, 2.24) is 0 Å². The predicted molar refractivity (Wildman–Crippen MR) is 80.6 cm³/mol. The number of carbonyl (C=O) groups is 1. The molecular weight excluding hydrogens is 227 g/mol. The van der Waals surface area contributed by atoms with Crippen LogP contribution in [0.25, 0.3) is 0 Å². The number of halogens is 1. The van der Waals surface area contributed by atoms with E-state index in [4.69, 9.17) is 0 Å². The van der Waals surface area contributed by atoms with Crippen molar-refractivity contribution >= 4 is 5.78 Å². The molecule has 0 radical (unpaired) electrons. The third-order valence-electron chi connectivity index (χ3n) is 1.97. The second-order valence-corrected chi connectivity index (χ2v) is 3.36. The first-order valence-electron chi connectivity index (χ1n) is 6.65. The van der Waals surface area contributed by atoms with Crippen LogP contribution in [0.4, 0.5) is 4.39 Å². The quantitative estimate of drug-likeness (QED) is 0.482. The van der Waals surface area contributed by atoms with E-state index in [1.54, 1.807) is 25.2 Å². The number of rotatable bonds is 5. The summed E-state index contributed by atoms with van der Waals surface area (Å²) < 4.78 is 12.1. The standard InChI is InChI=1S/C12H17FO.2C2H6/c1-5-11(12(14)8-13)7-6-10(4)9(2)3;2*1-2/h5-7,9H,4,8H2,1-3H3;2*1-2H3/b7-6-,11-5+;;. The number of hydrogen-bond donors (Lipinski definition) is 0. The van der Waals surface area contributed by atoms with Gasteiger partial charge >= 0.3 is 0 Å². The van der Waals surface area contributed by atoms with E-state index in [1.807, 2.05) is 41.5 Å². The topological polar surface area (TPSA) is 17.1 Å². The van der Waals surface area contributed by atoms with Crippen molar-refractivity contribution in [2.75, 3.05) is 6.67 Å². The van der Waals surface area contributed by atoms with E-state index in [9.17, 15) is 9.18 Å². The third-order valence-corrected chi connectivity index (χ3v) is 1.97. The maximum atomic E-state index is 12.1. The number of allylic oxidation sites excluding steroid dienone is 5. The van der Waals surface area contributed by atoms with Gasteiger partial charge in [0.05, 0.1) is 0 Å². The maximum absolute atomic E-state index is 12.1. The minimum Gasteiger partial charge on any atom is -0.291 e. The van der Waals surface area contributed by atoms with Gasteiger partial charge in [0.15, 0.2) is 12.5 Å². The first-order valence-corrected chi connectivity index (χ1v) is 6.65. The second kappa shape index (κ2) is 15.8. The summed E-state index contributed by atoms with van der Waals surface area (Å²) in [5, 5.41) is 0. The Kier molecular flexibility index (Phi) is 19.4.